The van der Waals surface area contributed by atoms with E-state index in [1.165, 1.54) is 18.1 Å². The maximum atomic E-state index is 13.0. The Morgan fingerprint density at radius 1 is 1.11 bits per heavy atom. The van der Waals surface area contributed by atoms with Gasteiger partial charge in [0.25, 0.3) is 0 Å². The molecule has 0 fully saturated rings. The molecule has 0 saturated heterocycles. The number of anilines is 2. The van der Waals surface area contributed by atoms with Gasteiger partial charge in [-0.2, -0.15) is 0 Å². The molecule has 0 saturated carbocycles. The Morgan fingerprint density at radius 3 is 2.58 bits per heavy atom. The minimum Gasteiger partial charge on any atom is -0.460 e. The van der Waals surface area contributed by atoms with E-state index in [1.54, 1.807) is 43.3 Å². The van der Waals surface area contributed by atoms with E-state index in [-0.39, 0.29) is 19.2 Å². The van der Waals surface area contributed by atoms with E-state index in [0.29, 0.717) is 51.2 Å². The highest BCUT2D eigenvalue weighted by molar-refractivity contribution is 6.36. The average Bonchev–Trinajstić information content (AvgIpc) is 2.83. The normalized spacial score (nSPS) is 15.4. The lowest BCUT2D eigenvalue weighted by atomic mass is 9.94. The zero-order chi connectivity index (χ0) is 26.2. The molecule has 192 valence electrons. The second-order valence-corrected chi connectivity index (χ2v) is 8.83. The second kappa shape index (κ2) is 12.6. The standard InChI is InChI=1S/C25H28Cl2N4O5/c1-4-10-31-15(2)21(23(32)36-12-11-35-3)22(30-25(31)34)16-6-5-7-18(13-16)28-24(33)29-20-9-8-17(26)14-19(20)27/h5-9,13-14,22H,4,10-12H2,1-3H3,(H,30,34)(H2,28,29,33)/t22-/m0/s1. The highest BCUT2D eigenvalue weighted by Crippen LogP contribution is 2.33. The number of hydrogen-bond acceptors (Lipinski definition) is 5. The number of hydrogen-bond donors (Lipinski definition) is 3. The highest BCUT2D eigenvalue weighted by Gasteiger charge is 2.36. The minimum atomic E-state index is -0.767. The second-order valence-electron chi connectivity index (χ2n) is 7.99. The Kier molecular flexibility index (Phi) is 9.58. The molecule has 2 aromatic carbocycles. The largest absolute Gasteiger partial charge is 0.460 e. The monoisotopic (exact) mass is 534 g/mol. The lowest BCUT2D eigenvalue weighted by molar-refractivity contribution is -0.140. The molecule has 0 aliphatic carbocycles. The lowest BCUT2D eigenvalue weighted by Gasteiger charge is -2.35. The number of methoxy groups -OCH3 is 1. The quantitative estimate of drug-likeness (QED) is 0.287. The van der Waals surface area contributed by atoms with Crippen molar-refractivity contribution in [2.24, 2.45) is 0 Å². The molecule has 1 heterocycles. The van der Waals surface area contributed by atoms with Crippen LogP contribution in [-0.4, -0.2) is 49.8 Å². The van der Waals surface area contributed by atoms with Crippen LogP contribution in [0.4, 0.5) is 21.0 Å². The summed E-state index contributed by atoms with van der Waals surface area (Å²) in [6.45, 7) is 4.45. The van der Waals surface area contributed by atoms with Crippen molar-refractivity contribution in [1.82, 2.24) is 10.2 Å². The fourth-order valence-electron chi connectivity index (χ4n) is 3.76. The summed E-state index contributed by atoms with van der Waals surface area (Å²) >= 11 is 12.0. The number of carbonyl (C=O) groups is 3. The van der Waals surface area contributed by atoms with E-state index in [2.05, 4.69) is 16.0 Å². The minimum absolute atomic E-state index is 0.0790. The first-order valence-electron chi connectivity index (χ1n) is 11.3. The zero-order valence-electron chi connectivity index (χ0n) is 20.2. The van der Waals surface area contributed by atoms with Gasteiger partial charge in [0, 0.05) is 30.1 Å². The maximum Gasteiger partial charge on any atom is 0.338 e. The van der Waals surface area contributed by atoms with Crippen LogP contribution in [0, 0.1) is 0 Å². The summed E-state index contributed by atoms with van der Waals surface area (Å²) in [6.07, 6.45) is 0.716. The van der Waals surface area contributed by atoms with E-state index in [4.69, 9.17) is 32.7 Å². The van der Waals surface area contributed by atoms with Crippen molar-refractivity contribution < 1.29 is 23.9 Å². The number of allylic oxidation sites excluding steroid dienone is 1. The predicted octanol–water partition coefficient (Wildman–Crippen LogP) is 5.58. The third-order valence-electron chi connectivity index (χ3n) is 5.44. The number of amides is 4. The topological polar surface area (TPSA) is 109 Å². The number of carbonyl (C=O) groups excluding carboxylic acids is 3. The fourth-order valence-corrected chi connectivity index (χ4v) is 4.21. The van der Waals surface area contributed by atoms with Gasteiger partial charge in [-0.05, 0) is 49.2 Å². The molecule has 3 rings (SSSR count). The van der Waals surface area contributed by atoms with Crippen LogP contribution in [0.3, 0.4) is 0 Å². The number of ether oxygens (including phenoxy) is 2. The Balaban J connectivity index is 1.85. The number of urea groups is 2. The van der Waals surface area contributed by atoms with E-state index in [9.17, 15) is 14.4 Å². The third kappa shape index (κ3) is 6.69. The first kappa shape index (κ1) is 27.3. The molecule has 2 aromatic rings. The van der Waals surface area contributed by atoms with Crippen molar-refractivity contribution in [3.05, 3.63) is 69.3 Å². The summed E-state index contributed by atoms with van der Waals surface area (Å²) in [5.74, 6) is -0.552. The molecule has 3 N–H and O–H groups in total. The Morgan fingerprint density at radius 2 is 1.89 bits per heavy atom. The van der Waals surface area contributed by atoms with Crippen molar-refractivity contribution in [2.75, 3.05) is 37.5 Å². The number of nitrogens with zero attached hydrogens (tertiary/aromatic N) is 1. The molecule has 0 spiro atoms. The van der Waals surface area contributed by atoms with E-state index in [1.807, 2.05) is 6.92 Å². The summed E-state index contributed by atoms with van der Waals surface area (Å²) in [7, 11) is 1.51. The Labute approximate surface area is 219 Å². The molecule has 1 aliphatic heterocycles. The van der Waals surface area contributed by atoms with Crippen LogP contribution in [0.5, 0.6) is 0 Å². The van der Waals surface area contributed by atoms with Crippen LogP contribution in [0.15, 0.2) is 53.7 Å². The van der Waals surface area contributed by atoms with Crippen LogP contribution < -0.4 is 16.0 Å². The fraction of sp³-hybridized carbons (Fsp3) is 0.320. The third-order valence-corrected chi connectivity index (χ3v) is 5.99. The molecule has 36 heavy (non-hydrogen) atoms. The predicted molar refractivity (Wildman–Crippen MR) is 139 cm³/mol. The van der Waals surface area contributed by atoms with Gasteiger partial charge in [0.1, 0.15) is 6.61 Å². The number of halogens is 2. The van der Waals surface area contributed by atoms with E-state index in [0.717, 1.165) is 0 Å². The molecule has 0 unspecified atom stereocenters. The summed E-state index contributed by atoms with van der Waals surface area (Å²) < 4.78 is 10.4. The molecular weight excluding hydrogens is 507 g/mol. The van der Waals surface area contributed by atoms with Gasteiger partial charge in [-0.25, -0.2) is 14.4 Å². The lowest BCUT2D eigenvalue weighted by Crippen LogP contribution is -2.48. The van der Waals surface area contributed by atoms with Gasteiger partial charge in [0.15, 0.2) is 0 Å². The molecule has 0 bridgehead atoms. The number of nitrogens with one attached hydrogen (secondary N) is 3. The molecule has 4 amide bonds. The first-order chi connectivity index (χ1) is 17.2. The van der Waals surface area contributed by atoms with Gasteiger partial charge in [-0.3, -0.25) is 4.90 Å². The van der Waals surface area contributed by atoms with E-state index >= 15 is 0 Å². The Bertz CT molecular complexity index is 1170. The van der Waals surface area contributed by atoms with E-state index < -0.39 is 18.0 Å². The zero-order valence-corrected chi connectivity index (χ0v) is 21.7. The van der Waals surface area contributed by atoms with Crippen LogP contribution in [0.2, 0.25) is 10.0 Å². The molecule has 1 atom stereocenters. The van der Waals surface area contributed by atoms with Gasteiger partial charge < -0.3 is 25.4 Å². The maximum absolute atomic E-state index is 13.0. The van der Waals surface area contributed by atoms with Crippen LogP contribution in [0.1, 0.15) is 31.9 Å². The molecule has 1 aliphatic rings. The summed E-state index contributed by atoms with van der Waals surface area (Å²) in [4.78, 5) is 39.9. The van der Waals surface area contributed by atoms with Crippen molar-refractivity contribution in [2.45, 2.75) is 26.3 Å². The van der Waals surface area contributed by atoms with Crippen molar-refractivity contribution in [3.63, 3.8) is 0 Å². The van der Waals surface area contributed by atoms with Gasteiger partial charge >= 0.3 is 18.0 Å². The average molecular weight is 535 g/mol. The number of esters is 1. The Hall–Kier alpha value is -3.27. The molecular formula is C25H28Cl2N4O5. The van der Waals surface area contributed by atoms with Crippen molar-refractivity contribution in [3.8, 4) is 0 Å². The summed E-state index contributed by atoms with van der Waals surface area (Å²) in [5.41, 5.74) is 2.27. The van der Waals surface area contributed by atoms with Crippen LogP contribution in [0.25, 0.3) is 0 Å². The molecule has 0 radical (unpaired) electrons. The van der Waals surface area contributed by atoms with Gasteiger partial charge in [0.05, 0.1) is 28.9 Å². The van der Waals surface area contributed by atoms with Crippen molar-refractivity contribution >= 4 is 52.6 Å². The van der Waals surface area contributed by atoms with Crippen LogP contribution in [-0.2, 0) is 14.3 Å². The highest BCUT2D eigenvalue weighted by atomic mass is 35.5. The SMILES string of the molecule is CCCN1C(=O)N[C@@H](c2cccc(NC(=O)Nc3ccc(Cl)cc3Cl)c2)C(C(=O)OCCOC)=C1C. The number of rotatable bonds is 9. The molecule has 0 aromatic heterocycles. The summed E-state index contributed by atoms with van der Waals surface area (Å²) in [6, 6.07) is 9.96. The van der Waals surface area contributed by atoms with Gasteiger partial charge in [-0.15, -0.1) is 0 Å². The van der Waals surface area contributed by atoms with Crippen molar-refractivity contribution in [1.29, 1.82) is 0 Å². The number of benzene rings is 2. The molecule has 11 heteroatoms. The smallest absolute Gasteiger partial charge is 0.338 e. The molecule has 9 nitrogen and oxygen atoms in total. The summed E-state index contributed by atoms with van der Waals surface area (Å²) in [5, 5.41) is 9.04. The van der Waals surface area contributed by atoms with Crippen LogP contribution >= 0.6 is 23.2 Å². The first-order valence-corrected chi connectivity index (χ1v) is 12.1. The van der Waals surface area contributed by atoms with Gasteiger partial charge in [0.2, 0.25) is 0 Å². The van der Waals surface area contributed by atoms with Gasteiger partial charge in [-0.1, -0.05) is 42.3 Å².